The smallest absolute Gasteiger partial charge is 0.266 e. The normalized spacial score (nSPS) is 19.8. The zero-order valence-electron chi connectivity index (χ0n) is 7.65. The van der Waals surface area contributed by atoms with Gasteiger partial charge in [0.1, 0.15) is 12.0 Å². The molecule has 1 aliphatic heterocycles. The van der Waals surface area contributed by atoms with Gasteiger partial charge in [-0.25, -0.2) is 0 Å². The molecule has 0 fully saturated rings. The van der Waals surface area contributed by atoms with Gasteiger partial charge in [-0.3, -0.25) is 0 Å². The molecule has 1 aromatic rings. The predicted octanol–water partition coefficient (Wildman–Crippen LogP) is 3.36. The Morgan fingerprint density at radius 3 is 2.71 bits per heavy atom. The number of ether oxygens (including phenoxy) is 2. The third-order valence-corrected chi connectivity index (χ3v) is 2.39. The average molecular weight is 255 g/mol. The van der Waals surface area contributed by atoms with Crippen LogP contribution < -0.4 is 0 Å². The molecule has 1 aromatic carbocycles. The highest BCUT2D eigenvalue weighted by Gasteiger charge is 2.20. The number of hydrogen-bond donors (Lipinski definition) is 0. The first kappa shape index (κ1) is 9.59. The first-order chi connectivity index (χ1) is 6.90. The summed E-state index contributed by atoms with van der Waals surface area (Å²) in [5.41, 5.74) is 1.05. The van der Waals surface area contributed by atoms with Crippen molar-refractivity contribution in [1.82, 2.24) is 0 Å². The van der Waals surface area contributed by atoms with Crippen LogP contribution in [0.2, 0.25) is 0 Å². The Morgan fingerprint density at radius 1 is 1.21 bits per heavy atom. The summed E-state index contributed by atoms with van der Waals surface area (Å²) in [5.74, 6) is 0.899. The van der Waals surface area contributed by atoms with E-state index >= 15 is 0 Å². The lowest BCUT2D eigenvalue weighted by Crippen LogP contribution is -1.98. The van der Waals surface area contributed by atoms with E-state index in [0.717, 1.165) is 23.1 Å². The van der Waals surface area contributed by atoms with Crippen LogP contribution in [0, 0.1) is 0 Å². The van der Waals surface area contributed by atoms with E-state index in [1.54, 1.807) is 6.26 Å². The van der Waals surface area contributed by atoms with Crippen molar-refractivity contribution in [1.29, 1.82) is 0 Å². The number of hydrogen-bond acceptors (Lipinski definition) is 2. The average Bonchev–Trinajstić information content (AvgIpc) is 2.68. The molecule has 0 aliphatic carbocycles. The Bertz CT molecular complexity index is 321. The van der Waals surface area contributed by atoms with Gasteiger partial charge in [-0.2, -0.15) is 0 Å². The van der Waals surface area contributed by atoms with E-state index in [4.69, 9.17) is 9.47 Å². The second-order valence-corrected chi connectivity index (χ2v) is 3.81. The van der Waals surface area contributed by atoms with Crippen molar-refractivity contribution in [2.75, 3.05) is 5.33 Å². The minimum Gasteiger partial charge on any atom is -0.455 e. The molecule has 0 N–H and O–H groups in total. The van der Waals surface area contributed by atoms with E-state index in [-0.39, 0.29) is 6.29 Å². The van der Waals surface area contributed by atoms with E-state index in [9.17, 15) is 0 Å². The first-order valence-electron chi connectivity index (χ1n) is 4.52. The second kappa shape index (κ2) is 4.51. The molecule has 0 amide bonds. The zero-order chi connectivity index (χ0) is 9.80. The second-order valence-electron chi connectivity index (χ2n) is 3.02. The van der Waals surface area contributed by atoms with Crippen LogP contribution in [-0.4, -0.2) is 5.33 Å². The quantitative estimate of drug-likeness (QED) is 0.771. The van der Waals surface area contributed by atoms with Gasteiger partial charge in [-0.1, -0.05) is 46.3 Å². The number of alkyl halides is 1. The largest absolute Gasteiger partial charge is 0.455 e. The molecule has 0 aromatic heterocycles. The van der Waals surface area contributed by atoms with Crippen molar-refractivity contribution < 1.29 is 9.47 Å². The monoisotopic (exact) mass is 254 g/mol. The lowest BCUT2D eigenvalue weighted by atomic mass is 10.2. The zero-order valence-corrected chi connectivity index (χ0v) is 9.24. The fourth-order valence-electron chi connectivity index (χ4n) is 1.30. The lowest BCUT2D eigenvalue weighted by molar-refractivity contribution is -0.0349. The summed E-state index contributed by atoms with van der Waals surface area (Å²) in [5, 5.41) is 0.893. The lowest BCUT2D eigenvalue weighted by Gasteiger charge is -2.11. The van der Waals surface area contributed by atoms with Crippen molar-refractivity contribution >= 4 is 15.9 Å². The van der Waals surface area contributed by atoms with Crippen LogP contribution in [0.4, 0.5) is 0 Å². The summed E-state index contributed by atoms with van der Waals surface area (Å²) in [4.78, 5) is 0. The molecule has 0 saturated carbocycles. The topological polar surface area (TPSA) is 18.5 Å². The SMILES string of the molecule is BrCCC1=COC(c2ccccc2)O1. The fourth-order valence-corrected chi connectivity index (χ4v) is 1.69. The maximum Gasteiger partial charge on any atom is 0.266 e. The van der Waals surface area contributed by atoms with Crippen molar-refractivity contribution in [3.63, 3.8) is 0 Å². The maximum atomic E-state index is 5.60. The van der Waals surface area contributed by atoms with Gasteiger partial charge in [-0.05, 0) is 0 Å². The van der Waals surface area contributed by atoms with Gasteiger partial charge in [0.05, 0.1) is 0 Å². The van der Waals surface area contributed by atoms with Crippen molar-refractivity contribution in [2.45, 2.75) is 12.7 Å². The highest BCUT2D eigenvalue weighted by molar-refractivity contribution is 9.09. The third-order valence-electron chi connectivity index (χ3n) is 1.99. The van der Waals surface area contributed by atoms with Crippen LogP contribution in [-0.2, 0) is 9.47 Å². The Morgan fingerprint density at radius 2 is 2.00 bits per heavy atom. The molecule has 0 bridgehead atoms. The van der Waals surface area contributed by atoms with Crippen LogP contribution in [0.3, 0.4) is 0 Å². The van der Waals surface area contributed by atoms with Gasteiger partial charge < -0.3 is 9.47 Å². The third kappa shape index (κ3) is 2.10. The van der Waals surface area contributed by atoms with E-state index in [0.29, 0.717) is 0 Å². The summed E-state index contributed by atoms with van der Waals surface area (Å²) in [7, 11) is 0. The number of benzene rings is 1. The van der Waals surface area contributed by atoms with Crippen LogP contribution in [0.25, 0.3) is 0 Å². The van der Waals surface area contributed by atoms with Gasteiger partial charge in [0.2, 0.25) is 0 Å². The van der Waals surface area contributed by atoms with Gasteiger partial charge in [-0.15, -0.1) is 0 Å². The Labute approximate surface area is 91.7 Å². The highest BCUT2D eigenvalue weighted by atomic mass is 79.9. The van der Waals surface area contributed by atoms with E-state index < -0.39 is 0 Å². The van der Waals surface area contributed by atoms with Crippen LogP contribution in [0.5, 0.6) is 0 Å². The molecular formula is C11H11BrO2. The molecule has 1 unspecified atom stereocenters. The van der Waals surface area contributed by atoms with Crippen molar-refractivity contribution in [3.8, 4) is 0 Å². The summed E-state index contributed by atoms with van der Waals surface area (Å²) in [6.07, 6.45) is 2.30. The highest BCUT2D eigenvalue weighted by Crippen LogP contribution is 2.29. The van der Waals surface area contributed by atoms with E-state index in [1.165, 1.54) is 0 Å². The van der Waals surface area contributed by atoms with Gasteiger partial charge in [0.15, 0.2) is 0 Å². The minimum atomic E-state index is -0.259. The summed E-state index contributed by atoms with van der Waals surface area (Å²) in [6.45, 7) is 0. The van der Waals surface area contributed by atoms with E-state index in [1.807, 2.05) is 30.3 Å². The molecule has 2 rings (SSSR count). The van der Waals surface area contributed by atoms with Crippen LogP contribution >= 0.6 is 15.9 Å². The number of allylic oxidation sites excluding steroid dienone is 1. The Kier molecular flexibility index (Phi) is 3.09. The van der Waals surface area contributed by atoms with Crippen molar-refractivity contribution in [2.24, 2.45) is 0 Å². The molecule has 0 radical (unpaired) electrons. The molecule has 0 saturated heterocycles. The molecule has 0 spiro atoms. The van der Waals surface area contributed by atoms with E-state index in [2.05, 4.69) is 15.9 Å². The molecular weight excluding hydrogens is 244 g/mol. The molecule has 3 heteroatoms. The maximum absolute atomic E-state index is 5.60. The molecule has 1 heterocycles. The molecule has 1 atom stereocenters. The molecule has 1 aliphatic rings. The summed E-state index contributed by atoms with van der Waals surface area (Å²) in [6, 6.07) is 9.92. The number of rotatable bonds is 3. The molecule has 2 nitrogen and oxygen atoms in total. The van der Waals surface area contributed by atoms with Crippen LogP contribution in [0.1, 0.15) is 18.3 Å². The predicted molar refractivity (Wildman–Crippen MR) is 57.8 cm³/mol. The molecule has 74 valence electrons. The Hall–Kier alpha value is -0.960. The van der Waals surface area contributed by atoms with Crippen LogP contribution in [0.15, 0.2) is 42.4 Å². The number of halogens is 1. The minimum absolute atomic E-state index is 0.259. The first-order valence-corrected chi connectivity index (χ1v) is 5.64. The summed E-state index contributed by atoms with van der Waals surface area (Å²) < 4.78 is 11.0. The van der Waals surface area contributed by atoms with Gasteiger partial charge in [0, 0.05) is 17.3 Å². The fraction of sp³-hybridized carbons (Fsp3) is 0.273. The summed E-state index contributed by atoms with van der Waals surface area (Å²) >= 11 is 3.36. The van der Waals surface area contributed by atoms with Crippen molar-refractivity contribution in [3.05, 3.63) is 47.9 Å². The standard InChI is InChI=1S/C11H11BrO2/c12-7-6-10-8-13-11(14-10)9-4-2-1-3-5-9/h1-5,8,11H,6-7H2. The molecule has 14 heavy (non-hydrogen) atoms. The van der Waals surface area contributed by atoms with Gasteiger partial charge >= 0.3 is 0 Å². The Balaban J connectivity index is 1.99. The van der Waals surface area contributed by atoms with Gasteiger partial charge in [0.25, 0.3) is 6.29 Å².